The minimum absolute atomic E-state index is 0.0382. The standard InChI is InChI=1S/C15H19N3OS/c1-11-4-5-13(18-7-2-3-8-18)12(10-11)14(19)17-15-16-6-9-20-15/h4-5,10H,2-3,6-9H2,1H3,(H,16,17,19). The lowest BCUT2D eigenvalue weighted by Gasteiger charge is -2.21. The Morgan fingerprint density at radius 2 is 2.15 bits per heavy atom. The SMILES string of the molecule is Cc1ccc(N2CCCC2)c(C(=O)NC2=NCCS2)c1. The monoisotopic (exact) mass is 289 g/mol. The Bertz CT molecular complexity index is 550. The summed E-state index contributed by atoms with van der Waals surface area (Å²) >= 11 is 1.61. The van der Waals surface area contributed by atoms with Crippen molar-refractivity contribution < 1.29 is 4.79 Å². The molecule has 1 amide bonds. The summed E-state index contributed by atoms with van der Waals surface area (Å²) in [6, 6.07) is 6.12. The van der Waals surface area contributed by atoms with Crippen LogP contribution in [0, 0.1) is 6.92 Å². The summed E-state index contributed by atoms with van der Waals surface area (Å²) < 4.78 is 0. The van der Waals surface area contributed by atoms with E-state index < -0.39 is 0 Å². The summed E-state index contributed by atoms with van der Waals surface area (Å²) in [5.41, 5.74) is 2.93. The Morgan fingerprint density at radius 3 is 2.85 bits per heavy atom. The Kier molecular flexibility index (Phi) is 3.96. The molecule has 0 aliphatic carbocycles. The van der Waals surface area contributed by atoms with E-state index >= 15 is 0 Å². The Morgan fingerprint density at radius 1 is 1.35 bits per heavy atom. The molecule has 5 heteroatoms. The Balaban J connectivity index is 1.86. The van der Waals surface area contributed by atoms with Crippen LogP contribution in [0.2, 0.25) is 0 Å². The van der Waals surface area contributed by atoms with Crippen LogP contribution in [0.4, 0.5) is 5.69 Å². The highest BCUT2D eigenvalue weighted by atomic mass is 32.2. The average Bonchev–Trinajstić information content (AvgIpc) is 3.11. The lowest BCUT2D eigenvalue weighted by atomic mass is 10.1. The van der Waals surface area contributed by atoms with E-state index in [4.69, 9.17) is 0 Å². The molecule has 0 spiro atoms. The fraction of sp³-hybridized carbons (Fsp3) is 0.467. The van der Waals surface area contributed by atoms with Crippen molar-refractivity contribution in [2.45, 2.75) is 19.8 Å². The molecule has 20 heavy (non-hydrogen) atoms. The highest BCUT2D eigenvalue weighted by molar-refractivity contribution is 8.14. The van der Waals surface area contributed by atoms with Gasteiger partial charge in [0, 0.05) is 24.5 Å². The van der Waals surface area contributed by atoms with Gasteiger partial charge in [0.1, 0.15) is 0 Å². The van der Waals surface area contributed by atoms with Gasteiger partial charge in [0.25, 0.3) is 5.91 Å². The van der Waals surface area contributed by atoms with Crippen molar-refractivity contribution in [3.05, 3.63) is 29.3 Å². The maximum atomic E-state index is 12.5. The number of hydrogen-bond donors (Lipinski definition) is 1. The minimum atomic E-state index is -0.0382. The van der Waals surface area contributed by atoms with Crippen LogP contribution in [-0.4, -0.2) is 36.5 Å². The molecule has 4 nitrogen and oxygen atoms in total. The van der Waals surface area contributed by atoms with Gasteiger partial charge < -0.3 is 10.2 Å². The molecule has 3 rings (SSSR count). The highest BCUT2D eigenvalue weighted by Gasteiger charge is 2.21. The van der Waals surface area contributed by atoms with Gasteiger partial charge in [-0.05, 0) is 31.9 Å². The van der Waals surface area contributed by atoms with Crippen molar-refractivity contribution in [2.75, 3.05) is 30.3 Å². The topological polar surface area (TPSA) is 44.7 Å². The van der Waals surface area contributed by atoms with Crippen molar-refractivity contribution in [1.82, 2.24) is 5.32 Å². The fourth-order valence-corrected chi connectivity index (χ4v) is 3.36. The van der Waals surface area contributed by atoms with Crippen LogP contribution < -0.4 is 10.2 Å². The third kappa shape index (κ3) is 2.82. The molecular formula is C15H19N3OS. The van der Waals surface area contributed by atoms with Crippen molar-refractivity contribution in [3.8, 4) is 0 Å². The number of aliphatic imine (C=N–C) groups is 1. The number of amidine groups is 1. The van der Waals surface area contributed by atoms with Crippen molar-refractivity contribution in [1.29, 1.82) is 0 Å². The first kappa shape index (κ1) is 13.5. The number of carbonyl (C=O) groups excluding carboxylic acids is 1. The van der Waals surface area contributed by atoms with E-state index in [2.05, 4.69) is 27.3 Å². The van der Waals surface area contributed by atoms with Gasteiger partial charge in [-0.1, -0.05) is 23.4 Å². The summed E-state index contributed by atoms with van der Waals surface area (Å²) in [7, 11) is 0. The zero-order valence-electron chi connectivity index (χ0n) is 11.7. The second-order valence-corrected chi connectivity index (χ2v) is 6.29. The van der Waals surface area contributed by atoms with Crippen LogP contribution in [0.1, 0.15) is 28.8 Å². The number of nitrogens with zero attached hydrogens (tertiary/aromatic N) is 2. The van der Waals surface area contributed by atoms with Crippen LogP contribution in [0.3, 0.4) is 0 Å². The largest absolute Gasteiger partial charge is 0.371 e. The second-order valence-electron chi connectivity index (χ2n) is 5.20. The molecule has 1 N–H and O–H groups in total. The van der Waals surface area contributed by atoms with E-state index in [0.717, 1.165) is 47.4 Å². The van der Waals surface area contributed by atoms with E-state index in [-0.39, 0.29) is 5.91 Å². The molecule has 0 unspecified atom stereocenters. The smallest absolute Gasteiger partial charge is 0.259 e. The zero-order valence-corrected chi connectivity index (χ0v) is 12.5. The number of hydrogen-bond acceptors (Lipinski definition) is 4. The van der Waals surface area contributed by atoms with Crippen LogP contribution in [-0.2, 0) is 0 Å². The number of aryl methyl sites for hydroxylation is 1. The van der Waals surface area contributed by atoms with Gasteiger partial charge in [-0.3, -0.25) is 9.79 Å². The number of rotatable bonds is 2. The molecule has 0 bridgehead atoms. The first-order valence-electron chi connectivity index (χ1n) is 7.08. The van der Waals surface area contributed by atoms with Crippen molar-refractivity contribution >= 4 is 28.5 Å². The van der Waals surface area contributed by atoms with Gasteiger partial charge >= 0.3 is 0 Å². The van der Waals surface area contributed by atoms with Crippen LogP contribution in [0.25, 0.3) is 0 Å². The second kappa shape index (κ2) is 5.87. The van der Waals surface area contributed by atoms with E-state index in [1.807, 2.05) is 13.0 Å². The molecule has 106 valence electrons. The number of thioether (sulfide) groups is 1. The molecular weight excluding hydrogens is 270 g/mol. The van der Waals surface area contributed by atoms with Crippen LogP contribution in [0.15, 0.2) is 23.2 Å². The zero-order chi connectivity index (χ0) is 13.9. The average molecular weight is 289 g/mol. The Labute approximate surface area is 123 Å². The summed E-state index contributed by atoms with van der Waals surface area (Å²) in [6.45, 7) is 4.90. The summed E-state index contributed by atoms with van der Waals surface area (Å²) in [5, 5.41) is 3.69. The van der Waals surface area contributed by atoms with Crippen molar-refractivity contribution in [3.63, 3.8) is 0 Å². The number of nitrogens with one attached hydrogen (secondary N) is 1. The minimum Gasteiger partial charge on any atom is -0.371 e. The van der Waals surface area contributed by atoms with E-state index in [0.29, 0.717) is 0 Å². The third-order valence-corrected chi connectivity index (χ3v) is 4.54. The Hall–Kier alpha value is -1.49. The first-order chi connectivity index (χ1) is 9.74. The van der Waals surface area contributed by atoms with E-state index in [1.54, 1.807) is 11.8 Å². The predicted octanol–water partition coefficient (Wildman–Crippen LogP) is 2.43. The number of benzene rings is 1. The number of anilines is 1. The molecule has 0 aromatic heterocycles. The first-order valence-corrected chi connectivity index (χ1v) is 8.07. The molecule has 1 aromatic carbocycles. The number of carbonyl (C=O) groups is 1. The maximum absolute atomic E-state index is 12.5. The molecule has 0 saturated carbocycles. The molecule has 2 aliphatic rings. The molecule has 2 aliphatic heterocycles. The molecule has 1 saturated heterocycles. The lowest BCUT2D eigenvalue weighted by molar-refractivity contribution is 0.0978. The van der Waals surface area contributed by atoms with Gasteiger partial charge in [-0.25, -0.2) is 0 Å². The summed E-state index contributed by atoms with van der Waals surface area (Å²) in [6.07, 6.45) is 2.41. The van der Waals surface area contributed by atoms with Gasteiger partial charge in [0.2, 0.25) is 0 Å². The van der Waals surface area contributed by atoms with E-state index in [1.165, 1.54) is 12.8 Å². The van der Waals surface area contributed by atoms with Gasteiger partial charge in [0.15, 0.2) is 5.17 Å². The molecule has 0 radical (unpaired) electrons. The maximum Gasteiger partial charge on any atom is 0.259 e. The molecule has 0 atom stereocenters. The number of amides is 1. The van der Waals surface area contributed by atoms with Gasteiger partial charge in [-0.15, -0.1) is 0 Å². The van der Waals surface area contributed by atoms with Gasteiger partial charge in [-0.2, -0.15) is 0 Å². The fourth-order valence-electron chi connectivity index (χ4n) is 2.64. The molecule has 1 fully saturated rings. The quantitative estimate of drug-likeness (QED) is 0.909. The van der Waals surface area contributed by atoms with Gasteiger partial charge in [0.05, 0.1) is 12.1 Å². The normalized spacial score (nSPS) is 18.2. The van der Waals surface area contributed by atoms with Crippen LogP contribution in [0.5, 0.6) is 0 Å². The molecule has 2 heterocycles. The van der Waals surface area contributed by atoms with Crippen LogP contribution >= 0.6 is 11.8 Å². The summed E-state index contributed by atoms with van der Waals surface area (Å²) in [4.78, 5) is 19.1. The third-order valence-electron chi connectivity index (χ3n) is 3.65. The predicted molar refractivity (Wildman–Crippen MR) is 84.9 cm³/mol. The van der Waals surface area contributed by atoms with Crippen molar-refractivity contribution in [2.24, 2.45) is 4.99 Å². The molecule has 1 aromatic rings. The lowest BCUT2D eigenvalue weighted by Crippen LogP contribution is -2.30. The van der Waals surface area contributed by atoms with E-state index in [9.17, 15) is 4.79 Å². The summed E-state index contributed by atoms with van der Waals surface area (Å²) in [5.74, 6) is 0.923. The highest BCUT2D eigenvalue weighted by Crippen LogP contribution is 2.26.